The van der Waals surface area contributed by atoms with Gasteiger partial charge in [0.2, 0.25) is 0 Å². The van der Waals surface area contributed by atoms with Crippen molar-refractivity contribution in [2.24, 2.45) is 5.92 Å². The Morgan fingerprint density at radius 1 is 1.31 bits per heavy atom. The van der Waals surface area contributed by atoms with Gasteiger partial charge in [-0.25, -0.2) is 13.4 Å². The summed E-state index contributed by atoms with van der Waals surface area (Å²) in [5, 5.41) is 3.66. The quantitative estimate of drug-likeness (QED) is 0.784. The van der Waals surface area contributed by atoms with E-state index in [2.05, 4.69) is 10.1 Å². The monoisotopic (exact) mass is 243 g/mol. The molecule has 1 heterocycles. The van der Waals surface area contributed by atoms with Gasteiger partial charge in [0.05, 0.1) is 5.75 Å². The number of hydrogen-bond donors (Lipinski definition) is 0. The van der Waals surface area contributed by atoms with Gasteiger partial charge in [0.1, 0.15) is 12.7 Å². The average Bonchev–Trinajstić information content (AvgIpc) is 2.90. The van der Waals surface area contributed by atoms with E-state index in [1.54, 1.807) is 0 Å². The van der Waals surface area contributed by atoms with E-state index in [1.807, 2.05) is 0 Å². The standard InChI is InChI=1S/C10H17N3O2S/c14-16(15,13-9-11-8-12-13)7-3-6-10-4-1-2-5-10/h8-10H,1-7H2. The molecule has 2 rings (SSSR count). The molecule has 1 saturated carbocycles. The van der Waals surface area contributed by atoms with Gasteiger partial charge in [-0.3, -0.25) is 0 Å². The van der Waals surface area contributed by atoms with Crippen LogP contribution < -0.4 is 0 Å². The first kappa shape index (κ1) is 11.6. The van der Waals surface area contributed by atoms with E-state index in [-0.39, 0.29) is 5.75 Å². The van der Waals surface area contributed by atoms with Crippen molar-refractivity contribution in [1.29, 1.82) is 0 Å². The minimum atomic E-state index is -3.27. The molecule has 0 aliphatic heterocycles. The van der Waals surface area contributed by atoms with Gasteiger partial charge in [0, 0.05) is 0 Å². The van der Waals surface area contributed by atoms with E-state index in [4.69, 9.17) is 0 Å². The fourth-order valence-corrected chi connectivity index (χ4v) is 3.39. The Morgan fingerprint density at radius 2 is 2.06 bits per heavy atom. The molecule has 0 unspecified atom stereocenters. The highest BCUT2D eigenvalue weighted by atomic mass is 32.2. The Hall–Kier alpha value is -0.910. The van der Waals surface area contributed by atoms with Crippen molar-refractivity contribution in [3.05, 3.63) is 12.7 Å². The molecule has 1 aliphatic carbocycles. The molecule has 90 valence electrons. The Bertz CT molecular complexity index is 407. The largest absolute Gasteiger partial charge is 0.255 e. The maximum Gasteiger partial charge on any atom is 0.255 e. The molecule has 1 aromatic heterocycles. The molecule has 16 heavy (non-hydrogen) atoms. The second-order valence-corrected chi connectivity index (χ2v) is 6.32. The van der Waals surface area contributed by atoms with Crippen LogP contribution in [0.1, 0.15) is 38.5 Å². The molecule has 6 heteroatoms. The van der Waals surface area contributed by atoms with Crippen molar-refractivity contribution < 1.29 is 8.42 Å². The molecule has 0 N–H and O–H groups in total. The summed E-state index contributed by atoms with van der Waals surface area (Å²) in [4.78, 5) is 3.65. The first-order valence-electron chi connectivity index (χ1n) is 5.76. The van der Waals surface area contributed by atoms with E-state index >= 15 is 0 Å². The second kappa shape index (κ2) is 4.95. The number of aromatic nitrogens is 3. The van der Waals surface area contributed by atoms with Crippen LogP contribution in [0.5, 0.6) is 0 Å². The molecule has 0 radical (unpaired) electrons. The van der Waals surface area contributed by atoms with E-state index in [1.165, 1.54) is 38.3 Å². The van der Waals surface area contributed by atoms with E-state index in [0.29, 0.717) is 0 Å². The summed E-state index contributed by atoms with van der Waals surface area (Å²) in [5.41, 5.74) is 0. The average molecular weight is 243 g/mol. The first-order valence-corrected chi connectivity index (χ1v) is 7.37. The van der Waals surface area contributed by atoms with Crippen molar-refractivity contribution in [2.45, 2.75) is 38.5 Å². The van der Waals surface area contributed by atoms with Gasteiger partial charge in [-0.15, -0.1) is 9.19 Å². The number of rotatable bonds is 5. The SMILES string of the molecule is O=S(=O)(CCCC1CCCC1)n1cncn1. The van der Waals surface area contributed by atoms with Gasteiger partial charge in [-0.05, 0) is 18.8 Å². The Balaban J connectivity index is 1.81. The summed E-state index contributed by atoms with van der Waals surface area (Å²) in [6, 6.07) is 0. The van der Waals surface area contributed by atoms with Crippen LogP contribution >= 0.6 is 0 Å². The molecule has 0 amide bonds. The molecule has 0 aromatic carbocycles. The highest BCUT2D eigenvalue weighted by molar-refractivity contribution is 7.89. The lowest BCUT2D eigenvalue weighted by molar-refractivity contribution is 0.492. The molecule has 0 saturated heterocycles. The lowest BCUT2D eigenvalue weighted by Gasteiger charge is -2.08. The summed E-state index contributed by atoms with van der Waals surface area (Å²) in [5.74, 6) is 0.915. The normalized spacial score (nSPS) is 18.0. The minimum Gasteiger partial charge on any atom is -0.222 e. The highest BCUT2D eigenvalue weighted by Gasteiger charge is 2.18. The lowest BCUT2D eigenvalue weighted by Crippen LogP contribution is -2.17. The predicted molar refractivity (Wildman–Crippen MR) is 60.4 cm³/mol. The zero-order valence-corrected chi connectivity index (χ0v) is 10.1. The smallest absolute Gasteiger partial charge is 0.222 e. The predicted octanol–water partition coefficient (Wildman–Crippen LogP) is 1.43. The summed E-state index contributed by atoms with van der Waals surface area (Å²) in [6.45, 7) is 0. The number of hydrogen-bond acceptors (Lipinski definition) is 4. The molecule has 1 fully saturated rings. The van der Waals surface area contributed by atoms with Crippen LogP contribution in [0, 0.1) is 5.92 Å². The molecule has 0 atom stereocenters. The van der Waals surface area contributed by atoms with Crippen LogP contribution in [0.15, 0.2) is 12.7 Å². The maximum atomic E-state index is 11.7. The zero-order chi connectivity index (χ0) is 11.4. The summed E-state index contributed by atoms with van der Waals surface area (Å²) < 4.78 is 24.4. The van der Waals surface area contributed by atoms with Crippen LogP contribution in [0.3, 0.4) is 0 Å². The molecule has 1 aliphatic rings. The molecular weight excluding hydrogens is 226 g/mol. The van der Waals surface area contributed by atoms with Crippen LogP contribution in [0.25, 0.3) is 0 Å². The van der Waals surface area contributed by atoms with Gasteiger partial charge >= 0.3 is 0 Å². The summed E-state index contributed by atoms with van der Waals surface area (Å²) >= 11 is 0. The topological polar surface area (TPSA) is 64.8 Å². The summed E-state index contributed by atoms with van der Waals surface area (Å²) in [7, 11) is -3.27. The Labute approximate surface area is 95.9 Å². The maximum absolute atomic E-state index is 11.7. The third-order valence-corrected chi connectivity index (χ3v) is 4.74. The Morgan fingerprint density at radius 3 is 2.69 bits per heavy atom. The highest BCUT2D eigenvalue weighted by Crippen LogP contribution is 2.28. The van der Waals surface area contributed by atoms with E-state index in [9.17, 15) is 8.42 Å². The van der Waals surface area contributed by atoms with Gasteiger partial charge in [-0.2, -0.15) is 0 Å². The van der Waals surface area contributed by atoms with Crippen molar-refractivity contribution >= 4 is 10.0 Å². The Kier molecular flexibility index (Phi) is 3.58. The lowest BCUT2D eigenvalue weighted by atomic mass is 10.0. The van der Waals surface area contributed by atoms with Crippen molar-refractivity contribution in [1.82, 2.24) is 14.2 Å². The van der Waals surface area contributed by atoms with Gasteiger partial charge in [-0.1, -0.05) is 25.7 Å². The number of nitrogens with zero attached hydrogens (tertiary/aromatic N) is 3. The summed E-state index contributed by atoms with van der Waals surface area (Å²) in [6.07, 6.45) is 9.38. The molecule has 1 aromatic rings. The van der Waals surface area contributed by atoms with Crippen molar-refractivity contribution in [3.63, 3.8) is 0 Å². The van der Waals surface area contributed by atoms with Crippen LogP contribution in [-0.4, -0.2) is 28.3 Å². The fourth-order valence-electron chi connectivity index (χ4n) is 2.29. The molecule has 0 spiro atoms. The molecule has 0 bridgehead atoms. The first-order chi connectivity index (χ1) is 7.68. The van der Waals surface area contributed by atoms with Crippen LogP contribution in [0.2, 0.25) is 0 Å². The third-order valence-electron chi connectivity index (χ3n) is 3.17. The second-order valence-electron chi connectivity index (χ2n) is 4.38. The third kappa shape index (κ3) is 2.81. The fraction of sp³-hybridized carbons (Fsp3) is 0.800. The van der Waals surface area contributed by atoms with Gasteiger partial charge in [0.25, 0.3) is 10.0 Å². The molecule has 5 nitrogen and oxygen atoms in total. The minimum absolute atomic E-state index is 0.173. The van der Waals surface area contributed by atoms with Crippen molar-refractivity contribution in [2.75, 3.05) is 5.75 Å². The van der Waals surface area contributed by atoms with E-state index in [0.717, 1.165) is 22.8 Å². The van der Waals surface area contributed by atoms with Gasteiger partial charge < -0.3 is 0 Å². The van der Waals surface area contributed by atoms with E-state index < -0.39 is 10.0 Å². The molecular formula is C10H17N3O2S. The zero-order valence-electron chi connectivity index (χ0n) is 9.25. The van der Waals surface area contributed by atoms with Crippen LogP contribution in [0.4, 0.5) is 0 Å². The van der Waals surface area contributed by atoms with Gasteiger partial charge in [0.15, 0.2) is 0 Å². The van der Waals surface area contributed by atoms with Crippen molar-refractivity contribution in [3.8, 4) is 0 Å². The van der Waals surface area contributed by atoms with Crippen LogP contribution in [-0.2, 0) is 10.0 Å².